The molecule has 4 nitrogen and oxygen atoms in total. The summed E-state index contributed by atoms with van der Waals surface area (Å²) in [5, 5.41) is 18.3. The van der Waals surface area contributed by atoms with Crippen LogP contribution in [0.15, 0.2) is 42.6 Å². The highest BCUT2D eigenvalue weighted by Gasteiger charge is 2.07. The maximum atomic E-state index is 9.47. The zero-order chi connectivity index (χ0) is 11.8. The van der Waals surface area contributed by atoms with E-state index >= 15 is 0 Å². The Kier molecular flexibility index (Phi) is 2.23. The van der Waals surface area contributed by atoms with Crippen LogP contribution in [0.4, 0.5) is 0 Å². The molecule has 0 spiro atoms. The molecule has 0 atom stereocenters. The summed E-state index contributed by atoms with van der Waals surface area (Å²) in [5.74, 6) is 0.847. The first kappa shape index (κ1) is 10.1. The van der Waals surface area contributed by atoms with Crippen LogP contribution in [0.5, 0.6) is 5.75 Å². The van der Waals surface area contributed by atoms with E-state index in [0.717, 1.165) is 5.56 Å². The molecular formula is C12H8ClN3O. The molecule has 3 rings (SSSR count). The van der Waals surface area contributed by atoms with E-state index in [4.69, 9.17) is 11.6 Å². The van der Waals surface area contributed by atoms with Crippen molar-refractivity contribution in [1.29, 1.82) is 0 Å². The zero-order valence-electron chi connectivity index (χ0n) is 8.71. The van der Waals surface area contributed by atoms with Gasteiger partial charge in [-0.15, -0.1) is 10.2 Å². The molecule has 0 radical (unpaired) electrons. The predicted octanol–water partition coefficient (Wildman–Crippen LogP) is 2.76. The lowest BCUT2D eigenvalue weighted by molar-refractivity contribution is 0.472. The lowest BCUT2D eigenvalue weighted by atomic mass is 10.2. The smallest absolute Gasteiger partial charge is 0.168 e. The van der Waals surface area contributed by atoms with Gasteiger partial charge in [0.2, 0.25) is 0 Å². The second-order valence-corrected chi connectivity index (χ2v) is 4.08. The fourth-order valence-electron chi connectivity index (χ4n) is 1.68. The van der Waals surface area contributed by atoms with E-state index in [2.05, 4.69) is 10.2 Å². The fraction of sp³-hybridized carbons (Fsp3) is 0. The van der Waals surface area contributed by atoms with Crippen LogP contribution in [0.2, 0.25) is 5.02 Å². The molecule has 17 heavy (non-hydrogen) atoms. The van der Waals surface area contributed by atoms with Crippen molar-refractivity contribution in [2.45, 2.75) is 0 Å². The van der Waals surface area contributed by atoms with Gasteiger partial charge in [0, 0.05) is 10.6 Å². The molecule has 0 saturated heterocycles. The lowest BCUT2D eigenvalue weighted by Gasteiger charge is -2.00. The van der Waals surface area contributed by atoms with Crippen molar-refractivity contribution in [2.75, 3.05) is 0 Å². The van der Waals surface area contributed by atoms with Crippen molar-refractivity contribution in [3.8, 4) is 17.1 Å². The summed E-state index contributed by atoms with van der Waals surface area (Å²) in [6.07, 6.45) is 1.58. The number of nitrogens with zero attached hydrogens (tertiary/aromatic N) is 3. The van der Waals surface area contributed by atoms with E-state index in [9.17, 15) is 5.11 Å². The number of hydrogen-bond acceptors (Lipinski definition) is 3. The first-order valence-electron chi connectivity index (χ1n) is 5.04. The minimum atomic E-state index is 0.174. The molecule has 2 heterocycles. The molecule has 0 aliphatic rings. The molecule has 1 N–H and O–H groups in total. The molecule has 0 saturated carbocycles. The molecule has 84 valence electrons. The van der Waals surface area contributed by atoms with Gasteiger partial charge < -0.3 is 5.11 Å². The molecule has 1 aromatic carbocycles. The molecule has 0 aliphatic heterocycles. The van der Waals surface area contributed by atoms with Crippen molar-refractivity contribution in [1.82, 2.24) is 14.6 Å². The average Bonchev–Trinajstić information content (AvgIpc) is 2.73. The van der Waals surface area contributed by atoms with E-state index in [-0.39, 0.29) is 5.75 Å². The van der Waals surface area contributed by atoms with E-state index in [1.54, 1.807) is 34.9 Å². The van der Waals surface area contributed by atoms with Gasteiger partial charge in [0.05, 0.1) is 6.20 Å². The normalized spacial score (nSPS) is 10.9. The Balaban J connectivity index is 2.23. The number of fused-ring (bicyclic) bond motifs is 1. The second kappa shape index (κ2) is 3.75. The number of hydrogen-bond donors (Lipinski definition) is 1. The van der Waals surface area contributed by atoms with E-state index in [1.807, 2.05) is 12.1 Å². The highest BCUT2D eigenvalue weighted by atomic mass is 35.5. The monoisotopic (exact) mass is 245 g/mol. The molecule has 0 unspecified atom stereocenters. The van der Waals surface area contributed by atoms with Crippen molar-refractivity contribution in [3.63, 3.8) is 0 Å². The summed E-state index contributed by atoms with van der Waals surface area (Å²) >= 11 is 5.83. The van der Waals surface area contributed by atoms with Gasteiger partial charge >= 0.3 is 0 Å². The van der Waals surface area contributed by atoms with Gasteiger partial charge in [-0.1, -0.05) is 11.6 Å². The number of aromatic hydroxyl groups is 1. The van der Waals surface area contributed by atoms with Gasteiger partial charge in [-0.2, -0.15) is 0 Å². The Labute approximate surface area is 102 Å². The molecule has 3 aromatic rings. The molecule has 0 amide bonds. The van der Waals surface area contributed by atoms with Crippen molar-refractivity contribution in [2.24, 2.45) is 0 Å². The summed E-state index contributed by atoms with van der Waals surface area (Å²) in [6.45, 7) is 0. The minimum Gasteiger partial charge on any atom is -0.506 e. The van der Waals surface area contributed by atoms with Crippen LogP contribution >= 0.6 is 11.6 Å². The quantitative estimate of drug-likeness (QED) is 0.717. The predicted molar refractivity (Wildman–Crippen MR) is 65.1 cm³/mol. The van der Waals surface area contributed by atoms with Gasteiger partial charge in [-0.25, -0.2) is 0 Å². The third-order valence-corrected chi connectivity index (χ3v) is 2.74. The second-order valence-electron chi connectivity index (χ2n) is 3.65. The van der Waals surface area contributed by atoms with Crippen LogP contribution in [-0.4, -0.2) is 19.7 Å². The third-order valence-electron chi connectivity index (χ3n) is 2.49. The van der Waals surface area contributed by atoms with Gasteiger partial charge in [-0.3, -0.25) is 4.40 Å². The largest absolute Gasteiger partial charge is 0.506 e. The molecule has 0 fully saturated rings. The number of benzene rings is 1. The van der Waals surface area contributed by atoms with Gasteiger partial charge in [-0.05, 0) is 36.4 Å². The standard InChI is InChI=1S/C12H8ClN3O/c13-9-3-1-8(2-4-9)12-15-14-11-6-5-10(17)7-16(11)12/h1-7,17H. The van der Waals surface area contributed by atoms with Crippen LogP contribution in [0.1, 0.15) is 0 Å². The Morgan fingerprint density at radius 2 is 1.76 bits per heavy atom. The minimum absolute atomic E-state index is 0.174. The summed E-state index contributed by atoms with van der Waals surface area (Å²) < 4.78 is 1.73. The Bertz CT molecular complexity index is 676. The number of aromatic nitrogens is 3. The first-order chi connectivity index (χ1) is 8.24. The summed E-state index contributed by atoms with van der Waals surface area (Å²) in [4.78, 5) is 0. The van der Waals surface area contributed by atoms with Crippen molar-refractivity contribution >= 4 is 17.2 Å². The molecular weight excluding hydrogens is 238 g/mol. The SMILES string of the molecule is Oc1ccc2nnc(-c3ccc(Cl)cc3)n2c1. The summed E-state index contributed by atoms with van der Waals surface area (Å²) in [7, 11) is 0. The van der Waals surface area contributed by atoms with Gasteiger partial charge in [0.15, 0.2) is 11.5 Å². The van der Waals surface area contributed by atoms with Crippen molar-refractivity contribution < 1.29 is 5.11 Å². The summed E-state index contributed by atoms with van der Waals surface area (Å²) in [5.41, 5.74) is 1.58. The third kappa shape index (κ3) is 1.72. The van der Waals surface area contributed by atoms with E-state index < -0.39 is 0 Å². The first-order valence-corrected chi connectivity index (χ1v) is 5.41. The number of halogens is 1. The van der Waals surface area contributed by atoms with Crippen LogP contribution in [0.25, 0.3) is 17.0 Å². The van der Waals surface area contributed by atoms with Crippen LogP contribution in [0, 0.1) is 0 Å². The van der Waals surface area contributed by atoms with Crippen molar-refractivity contribution in [3.05, 3.63) is 47.6 Å². The fourth-order valence-corrected chi connectivity index (χ4v) is 1.80. The van der Waals surface area contributed by atoms with Crippen LogP contribution < -0.4 is 0 Å². The molecule has 5 heteroatoms. The van der Waals surface area contributed by atoms with Gasteiger partial charge in [0.25, 0.3) is 0 Å². The lowest BCUT2D eigenvalue weighted by Crippen LogP contribution is -1.88. The number of rotatable bonds is 1. The van der Waals surface area contributed by atoms with E-state index in [1.165, 1.54) is 0 Å². The molecule has 0 aliphatic carbocycles. The number of pyridine rings is 1. The van der Waals surface area contributed by atoms with Crippen LogP contribution in [-0.2, 0) is 0 Å². The Hall–Kier alpha value is -2.07. The maximum Gasteiger partial charge on any atom is 0.168 e. The van der Waals surface area contributed by atoms with Gasteiger partial charge in [0.1, 0.15) is 5.75 Å². The average molecular weight is 246 g/mol. The Morgan fingerprint density at radius 1 is 1.00 bits per heavy atom. The zero-order valence-corrected chi connectivity index (χ0v) is 9.46. The molecule has 0 bridgehead atoms. The Morgan fingerprint density at radius 3 is 2.53 bits per heavy atom. The maximum absolute atomic E-state index is 9.47. The molecule has 2 aromatic heterocycles. The highest BCUT2D eigenvalue weighted by molar-refractivity contribution is 6.30. The highest BCUT2D eigenvalue weighted by Crippen LogP contribution is 2.22. The van der Waals surface area contributed by atoms with E-state index in [0.29, 0.717) is 16.5 Å². The summed E-state index contributed by atoms with van der Waals surface area (Å²) in [6, 6.07) is 10.6. The van der Waals surface area contributed by atoms with Crippen LogP contribution in [0.3, 0.4) is 0 Å². The topological polar surface area (TPSA) is 50.4 Å².